The highest BCUT2D eigenvalue weighted by Crippen LogP contribution is 2.25. The third-order valence-corrected chi connectivity index (χ3v) is 1.26. The summed E-state index contributed by atoms with van der Waals surface area (Å²) >= 11 is 0. The lowest BCUT2D eigenvalue weighted by atomic mass is 10.6. The van der Waals surface area contributed by atoms with Crippen LogP contribution in [0.3, 0.4) is 0 Å². The van der Waals surface area contributed by atoms with Crippen molar-refractivity contribution in [2.45, 2.75) is 0 Å². The van der Waals surface area contributed by atoms with Gasteiger partial charge in [-0.05, 0) is 0 Å². The van der Waals surface area contributed by atoms with Crippen LogP contribution in [0.25, 0.3) is 0 Å². The molecule has 0 aromatic rings. The van der Waals surface area contributed by atoms with Gasteiger partial charge in [-0.1, -0.05) is 0 Å². The third-order valence-electron chi connectivity index (χ3n) is 0.887. The molecule has 0 saturated heterocycles. The molecular formula is C4H12NO5P. The summed E-state index contributed by atoms with van der Waals surface area (Å²) in [5.74, 6) is 0. The maximum absolute atomic E-state index is 8.42. The van der Waals surface area contributed by atoms with Gasteiger partial charge < -0.3 is 20.0 Å². The van der Waals surface area contributed by atoms with Crippen LogP contribution in [-0.4, -0.2) is 51.4 Å². The second-order valence-corrected chi connectivity index (χ2v) is 2.38. The first-order chi connectivity index (χ1) is 5.20. The molecule has 0 aromatic heterocycles. The minimum Gasteiger partial charge on any atom is -0.395 e. The topological polar surface area (TPSA) is 93.4 Å². The summed E-state index contributed by atoms with van der Waals surface area (Å²) < 4.78 is 4.42. The average Bonchev–Trinajstić information content (AvgIpc) is 1.87. The highest BCUT2D eigenvalue weighted by Gasteiger charge is 2.08. The number of nitrogens with zero attached hydrogens (tertiary/aromatic N) is 1. The summed E-state index contributed by atoms with van der Waals surface area (Å²) in [5.41, 5.74) is 0. The predicted octanol–water partition coefficient (Wildman–Crippen LogP) is -1.58. The van der Waals surface area contributed by atoms with Crippen molar-refractivity contribution in [3.8, 4) is 0 Å². The van der Waals surface area contributed by atoms with E-state index in [-0.39, 0.29) is 26.3 Å². The van der Waals surface area contributed by atoms with Crippen LogP contribution in [0, 0.1) is 0 Å². The summed E-state index contributed by atoms with van der Waals surface area (Å²) in [6.07, 6.45) is 0. The molecule has 0 bridgehead atoms. The Morgan fingerprint density at radius 1 is 1.09 bits per heavy atom. The maximum Gasteiger partial charge on any atom is 0.345 e. The van der Waals surface area contributed by atoms with Gasteiger partial charge >= 0.3 is 8.60 Å². The molecule has 0 unspecified atom stereocenters. The van der Waals surface area contributed by atoms with Crippen molar-refractivity contribution in [3.05, 3.63) is 0 Å². The molecule has 7 heteroatoms. The number of hydrogen-bond acceptors (Lipinski definition) is 6. The molecule has 0 rings (SSSR count). The molecule has 0 radical (unpaired) electrons. The monoisotopic (exact) mass is 185 g/mol. The van der Waals surface area contributed by atoms with E-state index in [9.17, 15) is 0 Å². The molecular weight excluding hydrogens is 173 g/mol. The zero-order valence-corrected chi connectivity index (χ0v) is 6.81. The van der Waals surface area contributed by atoms with Crippen molar-refractivity contribution in [2.75, 3.05) is 26.3 Å². The van der Waals surface area contributed by atoms with Gasteiger partial charge in [0, 0.05) is 13.1 Å². The van der Waals surface area contributed by atoms with Gasteiger partial charge in [0.15, 0.2) is 0 Å². The largest absolute Gasteiger partial charge is 0.395 e. The van der Waals surface area contributed by atoms with E-state index in [1.54, 1.807) is 0 Å². The van der Waals surface area contributed by atoms with Crippen molar-refractivity contribution in [1.82, 2.24) is 5.06 Å². The van der Waals surface area contributed by atoms with Gasteiger partial charge in [0.1, 0.15) is 0 Å². The fraction of sp³-hybridized carbons (Fsp3) is 1.00. The molecule has 0 heterocycles. The highest BCUT2D eigenvalue weighted by atomic mass is 31.2. The second kappa shape index (κ2) is 6.87. The Balaban J connectivity index is 3.50. The summed E-state index contributed by atoms with van der Waals surface area (Å²) in [6.45, 7) is -0.0482. The van der Waals surface area contributed by atoms with Crippen molar-refractivity contribution < 1.29 is 24.6 Å². The van der Waals surface area contributed by atoms with E-state index < -0.39 is 8.60 Å². The van der Waals surface area contributed by atoms with Gasteiger partial charge in [-0.25, -0.2) is 4.62 Å². The normalized spacial score (nSPS) is 11.5. The third kappa shape index (κ3) is 6.58. The molecule has 0 aliphatic heterocycles. The average molecular weight is 185 g/mol. The fourth-order valence-electron chi connectivity index (χ4n) is 0.520. The van der Waals surface area contributed by atoms with E-state index in [1.165, 1.54) is 0 Å². The second-order valence-electron chi connectivity index (χ2n) is 1.71. The van der Waals surface area contributed by atoms with Gasteiger partial charge in [-0.15, -0.1) is 0 Å². The highest BCUT2D eigenvalue weighted by molar-refractivity contribution is 7.39. The van der Waals surface area contributed by atoms with E-state index >= 15 is 0 Å². The molecule has 0 atom stereocenters. The van der Waals surface area contributed by atoms with Crippen LogP contribution in [0.5, 0.6) is 0 Å². The maximum atomic E-state index is 8.42. The fourth-order valence-corrected chi connectivity index (χ4v) is 0.890. The first-order valence-corrected chi connectivity index (χ1v) is 4.20. The smallest absolute Gasteiger partial charge is 0.345 e. The number of hydrogen-bond donors (Lipinski definition) is 4. The first kappa shape index (κ1) is 11.2. The van der Waals surface area contributed by atoms with Crippen LogP contribution in [-0.2, 0) is 4.62 Å². The van der Waals surface area contributed by atoms with Crippen LogP contribution in [0.1, 0.15) is 0 Å². The van der Waals surface area contributed by atoms with Crippen molar-refractivity contribution >= 4 is 8.60 Å². The molecule has 0 aromatic carbocycles. The standard InChI is InChI=1S/C4H12NO5P/c6-3-1-5(2-4-7)10-11(8)9/h6-9H,1-4H2. The van der Waals surface area contributed by atoms with Crippen molar-refractivity contribution in [2.24, 2.45) is 0 Å². The van der Waals surface area contributed by atoms with Gasteiger partial charge in [-0.2, -0.15) is 5.06 Å². The molecule has 0 fully saturated rings. The minimum atomic E-state index is -2.46. The molecule has 4 N–H and O–H groups in total. The van der Waals surface area contributed by atoms with E-state index in [2.05, 4.69) is 4.62 Å². The Hall–Kier alpha value is 0.190. The van der Waals surface area contributed by atoms with Crippen molar-refractivity contribution in [1.29, 1.82) is 0 Å². The number of rotatable bonds is 6. The molecule has 68 valence electrons. The van der Waals surface area contributed by atoms with Gasteiger partial charge in [-0.3, -0.25) is 0 Å². The Morgan fingerprint density at radius 2 is 1.55 bits per heavy atom. The SMILES string of the molecule is OCCN(CCO)OP(O)O. The van der Waals surface area contributed by atoms with Crippen LogP contribution in [0.15, 0.2) is 0 Å². The molecule has 11 heavy (non-hydrogen) atoms. The quantitative estimate of drug-likeness (QED) is 0.294. The number of hydroxylamine groups is 2. The molecule has 0 amide bonds. The van der Waals surface area contributed by atoms with Crippen LogP contribution < -0.4 is 0 Å². The molecule has 6 nitrogen and oxygen atoms in total. The number of aliphatic hydroxyl groups excluding tert-OH is 2. The van der Waals surface area contributed by atoms with Crippen LogP contribution in [0.2, 0.25) is 0 Å². The lowest BCUT2D eigenvalue weighted by Crippen LogP contribution is -2.28. The van der Waals surface area contributed by atoms with E-state index in [0.717, 1.165) is 5.06 Å². The van der Waals surface area contributed by atoms with Crippen molar-refractivity contribution in [3.63, 3.8) is 0 Å². The Kier molecular flexibility index (Phi) is 6.99. The van der Waals surface area contributed by atoms with E-state index in [1.807, 2.05) is 0 Å². The van der Waals surface area contributed by atoms with Crippen LogP contribution in [0.4, 0.5) is 0 Å². The van der Waals surface area contributed by atoms with Gasteiger partial charge in [0.05, 0.1) is 13.2 Å². The minimum absolute atomic E-state index is 0.139. The Bertz CT molecular complexity index is 86.6. The van der Waals surface area contributed by atoms with Gasteiger partial charge in [0.2, 0.25) is 0 Å². The molecule has 0 aliphatic rings. The summed E-state index contributed by atoms with van der Waals surface area (Å²) in [4.78, 5) is 16.7. The summed E-state index contributed by atoms with van der Waals surface area (Å²) in [6, 6.07) is 0. The zero-order valence-electron chi connectivity index (χ0n) is 5.92. The lowest BCUT2D eigenvalue weighted by Gasteiger charge is -2.18. The first-order valence-electron chi connectivity index (χ1n) is 3.03. The zero-order chi connectivity index (χ0) is 8.69. The predicted molar refractivity (Wildman–Crippen MR) is 38.2 cm³/mol. The molecule has 0 aliphatic carbocycles. The number of aliphatic hydroxyl groups is 2. The summed E-state index contributed by atoms with van der Waals surface area (Å²) in [5, 5.41) is 17.9. The van der Waals surface area contributed by atoms with E-state index in [0.29, 0.717) is 0 Å². The van der Waals surface area contributed by atoms with Gasteiger partial charge in [0.25, 0.3) is 0 Å². The molecule has 0 spiro atoms. The summed E-state index contributed by atoms with van der Waals surface area (Å²) in [7, 11) is -2.46. The lowest BCUT2D eigenvalue weighted by molar-refractivity contribution is -0.0836. The van der Waals surface area contributed by atoms with E-state index in [4.69, 9.17) is 20.0 Å². The molecule has 0 saturated carbocycles. The Labute approximate surface area is 65.6 Å². The Morgan fingerprint density at radius 3 is 1.82 bits per heavy atom. The van der Waals surface area contributed by atoms with Crippen LogP contribution >= 0.6 is 8.60 Å².